The Morgan fingerprint density at radius 3 is 2.62 bits per heavy atom. The summed E-state index contributed by atoms with van der Waals surface area (Å²) in [6.45, 7) is 1.93. The van der Waals surface area contributed by atoms with Crippen LogP contribution in [-0.2, 0) is 10.8 Å². The molecule has 0 aliphatic carbocycles. The Morgan fingerprint density at radius 2 is 1.95 bits per heavy atom. The first-order chi connectivity index (χ1) is 9.99. The van der Waals surface area contributed by atoms with Gasteiger partial charge in [0.15, 0.2) is 5.76 Å². The van der Waals surface area contributed by atoms with Crippen LogP contribution in [0, 0.1) is 16.3 Å². The molecular weight excluding hydrogens is 402 g/mol. The van der Waals surface area contributed by atoms with Crippen molar-refractivity contribution in [2.24, 2.45) is 0 Å². The largest absolute Gasteiger partial charge is 0.454 e. The van der Waals surface area contributed by atoms with Gasteiger partial charge in [-0.2, -0.15) is 0 Å². The van der Waals surface area contributed by atoms with E-state index in [0.29, 0.717) is 21.8 Å². The third-order valence-electron chi connectivity index (χ3n) is 3.30. The second kappa shape index (κ2) is 5.53. The van der Waals surface area contributed by atoms with E-state index in [2.05, 4.69) is 22.6 Å². The number of hydrogen-bond acceptors (Lipinski definition) is 2. The Labute approximate surface area is 137 Å². The molecule has 0 unspecified atom stereocenters. The number of hydrogen-bond donors (Lipinski definition) is 0. The highest BCUT2D eigenvalue weighted by molar-refractivity contribution is 14.1. The van der Waals surface area contributed by atoms with E-state index in [-0.39, 0.29) is 5.82 Å². The Kier molecular flexibility index (Phi) is 3.88. The molecule has 2 aromatic carbocycles. The van der Waals surface area contributed by atoms with E-state index in [9.17, 15) is 8.60 Å². The van der Waals surface area contributed by atoms with Crippen LogP contribution in [0.5, 0.6) is 0 Å². The van der Waals surface area contributed by atoms with Gasteiger partial charge in [-0.05, 0) is 59.3 Å². The van der Waals surface area contributed by atoms with Gasteiger partial charge in [-0.15, -0.1) is 0 Å². The van der Waals surface area contributed by atoms with Gasteiger partial charge in [0.1, 0.15) is 11.4 Å². The van der Waals surface area contributed by atoms with Gasteiger partial charge in [-0.25, -0.2) is 4.39 Å². The van der Waals surface area contributed by atoms with Gasteiger partial charge in [-0.1, -0.05) is 12.1 Å². The molecule has 2 nitrogen and oxygen atoms in total. The molecule has 0 N–H and O–H groups in total. The minimum absolute atomic E-state index is 0.341. The Hall–Kier alpha value is -1.21. The van der Waals surface area contributed by atoms with Crippen LogP contribution < -0.4 is 0 Å². The highest BCUT2D eigenvalue weighted by Crippen LogP contribution is 2.38. The van der Waals surface area contributed by atoms with Gasteiger partial charge in [0.05, 0.1) is 21.3 Å². The molecule has 0 bridgehead atoms. The third-order valence-corrected chi connectivity index (χ3v) is 4.90. The van der Waals surface area contributed by atoms with Gasteiger partial charge in [-0.3, -0.25) is 4.21 Å². The van der Waals surface area contributed by atoms with Gasteiger partial charge in [0.25, 0.3) is 0 Å². The van der Waals surface area contributed by atoms with Crippen LogP contribution in [0.1, 0.15) is 5.56 Å². The standard InChI is InChI=1S/C16H12FIO2S/c1-9-7-10(18)8-12-14(9)20-15(16(12)21(2)19)11-5-3-4-6-13(11)17/h3-8H,1-2H3/t21-/m0/s1. The molecule has 1 aromatic heterocycles. The van der Waals surface area contributed by atoms with Crippen molar-refractivity contribution in [1.82, 2.24) is 0 Å². The van der Waals surface area contributed by atoms with E-state index in [0.717, 1.165) is 14.5 Å². The molecule has 0 radical (unpaired) electrons. The first-order valence-electron chi connectivity index (χ1n) is 6.30. The van der Waals surface area contributed by atoms with Gasteiger partial charge >= 0.3 is 0 Å². The average molecular weight is 414 g/mol. The van der Waals surface area contributed by atoms with Crippen molar-refractivity contribution in [2.75, 3.05) is 6.26 Å². The summed E-state index contributed by atoms with van der Waals surface area (Å²) in [7, 11) is -1.27. The van der Waals surface area contributed by atoms with E-state index in [4.69, 9.17) is 4.42 Å². The topological polar surface area (TPSA) is 30.2 Å². The normalized spacial score (nSPS) is 12.8. The lowest BCUT2D eigenvalue weighted by atomic mass is 10.1. The van der Waals surface area contributed by atoms with E-state index < -0.39 is 10.8 Å². The quantitative estimate of drug-likeness (QED) is 0.559. The van der Waals surface area contributed by atoms with Crippen LogP contribution in [0.4, 0.5) is 4.39 Å². The van der Waals surface area contributed by atoms with E-state index in [1.54, 1.807) is 24.5 Å². The second-order valence-electron chi connectivity index (χ2n) is 4.79. The number of fused-ring (bicyclic) bond motifs is 1. The van der Waals surface area contributed by atoms with Crippen LogP contribution in [0.3, 0.4) is 0 Å². The number of halogens is 2. The Bertz CT molecular complexity index is 870. The highest BCUT2D eigenvalue weighted by atomic mass is 127. The first kappa shape index (κ1) is 14.7. The van der Waals surface area contributed by atoms with Gasteiger partial charge in [0, 0.05) is 15.2 Å². The maximum absolute atomic E-state index is 14.1. The van der Waals surface area contributed by atoms with Crippen molar-refractivity contribution in [1.29, 1.82) is 0 Å². The number of benzene rings is 2. The predicted octanol–water partition coefficient (Wildman–Crippen LogP) is 4.89. The summed E-state index contributed by atoms with van der Waals surface area (Å²) >= 11 is 2.21. The fraction of sp³-hybridized carbons (Fsp3) is 0.125. The zero-order chi connectivity index (χ0) is 15.1. The lowest BCUT2D eigenvalue weighted by molar-refractivity contribution is 0.595. The molecule has 1 heterocycles. The minimum atomic E-state index is -1.27. The zero-order valence-corrected chi connectivity index (χ0v) is 14.4. The van der Waals surface area contributed by atoms with E-state index in [1.807, 2.05) is 19.1 Å². The minimum Gasteiger partial charge on any atom is -0.454 e. The van der Waals surface area contributed by atoms with Crippen LogP contribution in [0.25, 0.3) is 22.3 Å². The summed E-state index contributed by atoms with van der Waals surface area (Å²) in [5.74, 6) is -0.0235. The molecule has 3 aromatic rings. The van der Waals surface area contributed by atoms with Crippen LogP contribution >= 0.6 is 22.6 Å². The molecule has 3 rings (SSSR count). The van der Waals surface area contributed by atoms with Crippen LogP contribution in [0.15, 0.2) is 45.7 Å². The Balaban J connectivity index is 2.44. The fourth-order valence-corrected chi connectivity index (χ4v) is 4.07. The molecule has 108 valence electrons. The molecule has 0 aliphatic rings. The van der Waals surface area contributed by atoms with Crippen LogP contribution in [-0.4, -0.2) is 10.5 Å². The fourth-order valence-electron chi connectivity index (χ4n) is 2.41. The van der Waals surface area contributed by atoms with Crippen molar-refractivity contribution >= 4 is 44.4 Å². The molecular formula is C16H12FIO2S. The number of aryl methyl sites for hydroxylation is 1. The summed E-state index contributed by atoms with van der Waals surface area (Å²) in [6.07, 6.45) is 1.59. The van der Waals surface area contributed by atoms with Crippen molar-refractivity contribution in [3.05, 3.63) is 51.3 Å². The Morgan fingerprint density at radius 1 is 1.24 bits per heavy atom. The molecule has 0 spiro atoms. The summed E-state index contributed by atoms with van der Waals surface area (Å²) in [5.41, 5.74) is 1.96. The van der Waals surface area contributed by atoms with E-state index in [1.165, 1.54) is 6.07 Å². The molecule has 21 heavy (non-hydrogen) atoms. The number of rotatable bonds is 2. The number of furan rings is 1. The predicted molar refractivity (Wildman–Crippen MR) is 91.4 cm³/mol. The second-order valence-corrected chi connectivity index (χ2v) is 7.36. The maximum Gasteiger partial charge on any atom is 0.154 e. The molecule has 1 atom stereocenters. The zero-order valence-electron chi connectivity index (χ0n) is 11.4. The van der Waals surface area contributed by atoms with Crippen molar-refractivity contribution in [2.45, 2.75) is 11.8 Å². The monoisotopic (exact) mass is 414 g/mol. The first-order valence-corrected chi connectivity index (χ1v) is 8.93. The van der Waals surface area contributed by atoms with Gasteiger partial charge in [0.2, 0.25) is 0 Å². The smallest absolute Gasteiger partial charge is 0.154 e. The molecule has 0 saturated carbocycles. The molecule has 0 aliphatic heterocycles. The molecule has 0 saturated heterocycles. The van der Waals surface area contributed by atoms with Crippen molar-refractivity contribution in [3.8, 4) is 11.3 Å². The summed E-state index contributed by atoms with van der Waals surface area (Å²) in [5, 5.41) is 0.790. The summed E-state index contributed by atoms with van der Waals surface area (Å²) in [4.78, 5) is 0.553. The van der Waals surface area contributed by atoms with Gasteiger partial charge < -0.3 is 4.42 Å². The van der Waals surface area contributed by atoms with Crippen molar-refractivity contribution < 1.29 is 13.0 Å². The van der Waals surface area contributed by atoms with Crippen molar-refractivity contribution in [3.63, 3.8) is 0 Å². The summed E-state index contributed by atoms with van der Waals surface area (Å²) < 4.78 is 33.2. The highest BCUT2D eigenvalue weighted by Gasteiger charge is 2.22. The lowest BCUT2D eigenvalue weighted by Crippen LogP contribution is -1.91. The molecule has 0 fully saturated rings. The maximum atomic E-state index is 14.1. The molecule has 0 amide bonds. The average Bonchev–Trinajstić information content (AvgIpc) is 2.78. The lowest BCUT2D eigenvalue weighted by Gasteiger charge is -2.01. The SMILES string of the molecule is Cc1cc(I)cc2c([S@](C)=O)c(-c3ccccc3F)oc12. The van der Waals surface area contributed by atoms with E-state index >= 15 is 0 Å². The third kappa shape index (κ3) is 2.53. The molecule has 5 heteroatoms. The van der Waals surface area contributed by atoms with Crippen LogP contribution in [0.2, 0.25) is 0 Å². The summed E-state index contributed by atoms with van der Waals surface area (Å²) in [6, 6.07) is 10.3.